The lowest BCUT2D eigenvalue weighted by Crippen LogP contribution is -2.25. The van der Waals surface area contributed by atoms with Gasteiger partial charge in [-0.15, -0.1) is 6.58 Å². The van der Waals surface area contributed by atoms with Crippen LogP contribution in [0.4, 0.5) is 0 Å². The van der Waals surface area contributed by atoms with Gasteiger partial charge in [0.1, 0.15) is 5.82 Å². The molecule has 3 heteroatoms. The van der Waals surface area contributed by atoms with Crippen LogP contribution in [-0.4, -0.2) is 12.4 Å². The highest BCUT2D eigenvalue weighted by Crippen LogP contribution is 1.99. The van der Waals surface area contributed by atoms with Crippen LogP contribution >= 0.6 is 0 Å². The average Bonchev–Trinajstić information content (AvgIpc) is 2.04. The molecule has 12 heavy (non-hydrogen) atoms. The van der Waals surface area contributed by atoms with Crippen LogP contribution in [0.2, 0.25) is 0 Å². The van der Waals surface area contributed by atoms with Crippen LogP contribution < -0.4 is 11.1 Å². The Morgan fingerprint density at radius 3 is 2.83 bits per heavy atom. The summed E-state index contributed by atoms with van der Waals surface area (Å²) < 4.78 is 0. The van der Waals surface area contributed by atoms with Crippen molar-refractivity contribution in [3.05, 3.63) is 25.1 Å². The number of hydrogen-bond acceptors (Lipinski definition) is 2. The highest BCUT2D eigenvalue weighted by Gasteiger charge is 2.00. The smallest absolute Gasteiger partial charge is 0.120 e. The lowest BCUT2D eigenvalue weighted by atomic mass is 10.2. The van der Waals surface area contributed by atoms with Crippen molar-refractivity contribution < 1.29 is 0 Å². The minimum Gasteiger partial charge on any atom is -0.390 e. The molecule has 0 heterocycles. The zero-order chi connectivity index (χ0) is 9.40. The fraction of sp³-hybridized carbons (Fsp3) is 0.444. The van der Waals surface area contributed by atoms with Crippen LogP contribution in [0, 0.1) is 0 Å². The van der Waals surface area contributed by atoms with Crippen molar-refractivity contribution >= 4 is 6.34 Å². The molecule has 0 aliphatic heterocycles. The predicted octanol–water partition coefficient (Wildman–Crippen LogP) is 1.39. The van der Waals surface area contributed by atoms with Crippen LogP contribution in [-0.2, 0) is 0 Å². The predicted molar refractivity (Wildman–Crippen MR) is 53.8 cm³/mol. The standard InChI is InChI=1S/C9H17N3/c1-4-6-9(5-2)12-8(3)11-7-10/h5,7,9,12H,2-4,6H2,1H3,(H2,10,11). The van der Waals surface area contributed by atoms with Gasteiger partial charge in [-0.3, -0.25) is 0 Å². The van der Waals surface area contributed by atoms with Gasteiger partial charge in [-0.05, 0) is 6.42 Å². The summed E-state index contributed by atoms with van der Waals surface area (Å²) in [5.41, 5.74) is 5.10. The lowest BCUT2D eigenvalue weighted by molar-refractivity contribution is 0.605. The molecule has 0 amide bonds. The van der Waals surface area contributed by atoms with Crippen LogP contribution in [0.3, 0.4) is 0 Å². The first kappa shape index (κ1) is 10.8. The molecule has 0 rings (SSSR count). The molecule has 0 radical (unpaired) electrons. The molecule has 1 unspecified atom stereocenters. The van der Waals surface area contributed by atoms with E-state index in [2.05, 4.69) is 30.4 Å². The van der Waals surface area contributed by atoms with Crippen molar-refractivity contribution in [2.45, 2.75) is 25.8 Å². The van der Waals surface area contributed by atoms with E-state index in [0.717, 1.165) is 12.8 Å². The van der Waals surface area contributed by atoms with E-state index in [4.69, 9.17) is 5.73 Å². The topological polar surface area (TPSA) is 50.4 Å². The molecule has 0 spiro atoms. The highest BCUT2D eigenvalue weighted by molar-refractivity contribution is 5.52. The number of aliphatic imine (C=N–C) groups is 1. The van der Waals surface area contributed by atoms with Gasteiger partial charge in [0.15, 0.2) is 0 Å². The molecule has 0 saturated carbocycles. The van der Waals surface area contributed by atoms with Gasteiger partial charge in [-0.2, -0.15) is 0 Å². The van der Waals surface area contributed by atoms with E-state index in [-0.39, 0.29) is 6.04 Å². The average molecular weight is 167 g/mol. The van der Waals surface area contributed by atoms with Gasteiger partial charge in [-0.25, -0.2) is 4.99 Å². The third kappa shape index (κ3) is 4.55. The fourth-order valence-corrected chi connectivity index (χ4v) is 0.901. The summed E-state index contributed by atoms with van der Waals surface area (Å²) in [5.74, 6) is 0.579. The number of nitrogens with zero attached hydrogens (tertiary/aromatic N) is 1. The lowest BCUT2D eigenvalue weighted by Gasteiger charge is -2.13. The Hall–Kier alpha value is -1.25. The largest absolute Gasteiger partial charge is 0.390 e. The normalized spacial score (nSPS) is 12.8. The molecule has 3 nitrogen and oxygen atoms in total. The van der Waals surface area contributed by atoms with Crippen LogP contribution in [0.15, 0.2) is 30.0 Å². The molecule has 1 atom stereocenters. The quantitative estimate of drug-likeness (QED) is 0.357. The number of nitrogens with two attached hydrogens (primary N) is 1. The van der Waals surface area contributed by atoms with Gasteiger partial charge in [-0.1, -0.05) is 26.0 Å². The van der Waals surface area contributed by atoms with Gasteiger partial charge >= 0.3 is 0 Å². The van der Waals surface area contributed by atoms with Crippen molar-refractivity contribution in [1.82, 2.24) is 5.32 Å². The number of nitrogens with one attached hydrogen (secondary N) is 1. The molecule has 68 valence electrons. The molecule has 0 fully saturated rings. The zero-order valence-corrected chi connectivity index (χ0v) is 7.59. The van der Waals surface area contributed by atoms with Crippen LogP contribution in [0.1, 0.15) is 19.8 Å². The Bertz CT molecular complexity index is 173. The van der Waals surface area contributed by atoms with Crippen molar-refractivity contribution in [3.8, 4) is 0 Å². The van der Waals surface area contributed by atoms with Crippen LogP contribution in [0.25, 0.3) is 0 Å². The second-order valence-corrected chi connectivity index (χ2v) is 2.50. The molecule has 0 aromatic carbocycles. The maximum Gasteiger partial charge on any atom is 0.120 e. The summed E-state index contributed by atoms with van der Waals surface area (Å²) >= 11 is 0. The molecule has 0 bridgehead atoms. The second-order valence-electron chi connectivity index (χ2n) is 2.50. The Kier molecular flexibility index (Phi) is 5.79. The first-order chi connectivity index (χ1) is 5.74. The zero-order valence-electron chi connectivity index (χ0n) is 7.59. The minimum atomic E-state index is 0.242. The van der Waals surface area contributed by atoms with Gasteiger partial charge < -0.3 is 11.1 Å². The summed E-state index contributed by atoms with van der Waals surface area (Å²) in [4.78, 5) is 3.79. The molecule has 0 aliphatic carbocycles. The summed E-state index contributed by atoms with van der Waals surface area (Å²) in [5, 5.41) is 3.08. The van der Waals surface area contributed by atoms with Gasteiger partial charge in [0, 0.05) is 6.04 Å². The Balaban J connectivity index is 3.84. The maximum absolute atomic E-state index is 5.10. The summed E-state index contributed by atoms with van der Waals surface area (Å²) in [6.45, 7) is 9.50. The van der Waals surface area contributed by atoms with Gasteiger partial charge in [0.05, 0.1) is 6.34 Å². The first-order valence-corrected chi connectivity index (χ1v) is 4.06. The van der Waals surface area contributed by atoms with Crippen molar-refractivity contribution in [2.24, 2.45) is 10.7 Å². The molecule has 0 aromatic heterocycles. The number of hydrogen-bond donors (Lipinski definition) is 2. The van der Waals surface area contributed by atoms with E-state index in [1.165, 1.54) is 6.34 Å². The Morgan fingerprint density at radius 2 is 2.42 bits per heavy atom. The Labute approximate surface area is 74.1 Å². The third-order valence-electron chi connectivity index (χ3n) is 1.47. The van der Waals surface area contributed by atoms with Gasteiger partial charge in [0.25, 0.3) is 0 Å². The fourth-order valence-electron chi connectivity index (χ4n) is 0.901. The van der Waals surface area contributed by atoms with Crippen molar-refractivity contribution in [3.63, 3.8) is 0 Å². The highest BCUT2D eigenvalue weighted by atomic mass is 15.1. The first-order valence-electron chi connectivity index (χ1n) is 4.06. The molecule has 0 saturated heterocycles. The van der Waals surface area contributed by atoms with E-state index >= 15 is 0 Å². The van der Waals surface area contributed by atoms with E-state index in [9.17, 15) is 0 Å². The number of rotatable bonds is 6. The van der Waals surface area contributed by atoms with Gasteiger partial charge in [0.2, 0.25) is 0 Å². The molecule has 0 aliphatic rings. The van der Waals surface area contributed by atoms with E-state index in [0.29, 0.717) is 5.82 Å². The van der Waals surface area contributed by atoms with E-state index < -0.39 is 0 Å². The molecular formula is C9H17N3. The van der Waals surface area contributed by atoms with Crippen molar-refractivity contribution in [2.75, 3.05) is 0 Å². The third-order valence-corrected chi connectivity index (χ3v) is 1.47. The summed E-state index contributed by atoms with van der Waals surface area (Å²) in [7, 11) is 0. The molecule has 3 N–H and O–H groups in total. The molecular weight excluding hydrogens is 150 g/mol. The monoisotopic (exact) mass is 167 g/mol. The van der Waals surface area contributed by atoms with E-state index in [1.54, 1.807) is 0 Å². The minimum absolute atomic E-state index is 0.242. The van der Waals surface area contributed by atoms with E-state index in [1.807, 2.05) is 6.08 Å². The SMILES string of the molecule is C=CC(CCC)NC(=C)N=CN. The summed E-state index contributed by atoms with van der Waals surface area (Å²) in [6.07, 6.45) is 5.20. The maximum atomic E-state index is 5.10. The van der Waals surface area contributed by atoms with Crippen LogP contribution in [0.5, 0.6) is 0 Å². The Morgan fingerprint density at radius 1 is 1.75 bits per heavy atom. The summed E-state index contributed by atoms with van der Waals surface area (Å²) in [6, 6.07) is 0.242. The molecule has 0 aromatic rings. The second kappa shape index (κ2) is 6.46. The van der Waals surface area contributed by atoms with Crippen molar-refractivity contribution in [1.29, 1.82) is 0 Å².